The lowest BCUT2D eigenvalue weighted by Gasteiger charge is -2.27. The summed E-state index contributed by atoms with van der Waals surface area (Å²) in [6.07, 6.45) is 0.870. The van der Waals surface area contributed by atoms with Crippen LogP contribution in [-0.4, -0.2) is 37.6 Å². The van der Waals surface area contributed by atoms with Gasteiger partial charge in [0.25, 0.3) is 0 Å². The molecule has 1 aliphatic rings. The van der Waals surface area contributed by atoms with E-state index in [-0.39, 0.29) is 5.56 Å². The smallest absolute Gasteiger partial charge is 0.140 e. The van der Waals surface area contributed by atoms with Crippen LogP contribution in [0.1, 0.15) is 11.1 Å². The maximum absolute atomic E-state index is 13.1. The number of rotatable bonds is 3. The van der Waals surface area contributed by atoms with Gasteiger partial charge in [0.15, 0.2) is 0 Å². The zero-order chi connectivity index (χ0) is 12.1. The van der Waals surface area contributed by atoms with Gasteiger partial charge in [0.05, 0.1) is 5.56 Å². The zero-order valence-corrected chi connectivity index (χ0v) is 9.75. The van der Waals surface area contributed by atoms with Crippen LogP contribution in [0.5, 0.6) is 0 Å². The summed E-state index contributed by atoms with van der Waals surface area (Å²) in [5.74, 6) is -0.432. The van der Waals surface area contributed by atoms with Crippen molar-refractivity contribution in [3.63, 3.8) is 0 Å². The second kappa shape index (κ2) is 5.76. The standard InChI is InChI=1S/C13H16FN3/c14-13-2-1-11(9-12(13)10-15)3-6-17-7-4-16-5-8-17/h1-2,9,16H,3-8H2. The molecule has 1 aromatic rings. The number of hydrogen-bond donors (Lipinski definition) is 1. The van der Waals surface area contributed by atoms with Crippen molar-refractivity contribution >= 4 is 0 Å². The highest BCUT2D eigenvalue weighted by molar-refractivity contribution is 5.34. The molecule has 0 aliphatic carbocycles. The average molecular weight is 233 g/mol. The number of nitrogens with one attached hydrogen (secondary N) is 1. The number of piperazine rings is 1. The summed E-state index contributed by atoms with van der Waals surface area (Å²) in [6.45, 7) is 5.16. The van der Waals surface area contributed by atoms with E-state index in [9.17, 15) is 4.39 Å². The van der Waals surface area contributed by atoms with E-state index in [1.165, 1.54) is 6.07 Å². The summed E-state index contributed by atoms with van der Waals surface area (Å²) in [7, 11) is 0. The number of nitrogens with zero attached hydrogens (tertiary/aromatic N) is 2. The topological polar surface area (TPSA) is 39.1 Å². The highest BCUT2D eigenvalue weighted by Crippen LogP contribution is 2.10. The fourth-order valence-electron chi connectivity index (χ4n) is 2.04. The molecule has 2 rings (SSSR count). The molecule has 4 heteroatoms. The van der Waals surface area contributed by atoms with Crippen LogP contribution in [0.4, 0.5) is 4.39 Å². The van der Waals surface area contributed by atoms with Gasteiger partial charge in [-0.15, -0.1) is 0 Å². The van der Waals surface area contributed by atoms with Crippen LogP contribution < -0.4 is 5.32 Å². The number of nitriles is 1. The Hall–Kier alpha value is -1.44. The van der Waals surface area contributed by atoms with Gasteiger partial charge in [-0.1, -0.05) is 6.07 Å². The number of benzene rings is 1. The predicted octanol–water partition coefficient (Wildman–Crippen LogP) is 1.15. The van der Waals surface area contributed by atoms with Crippen LogP contribution in [0, 0.1) is 17.1 Å². The van der Waals surface area contributed by atoms with Crippen LogP contribution in [0.3, 0.4) is 0 Å². The lowest BCUT2D eigenvalue weighted by atomic mass is 10.1. The third-order valence-electron chi connectivity index (χ3n) is 3.08. The quantitative estimate of drug-likeness (QED) is 0.851. The Morgan fingerprint density at radius 1 is 1.35 bits per heavy atom. The fraction of sp³-hybridized carbons (Fsp3) is 0.462. The van der Waals surface area contributed by atoms with Crippen LogP contribution >= 0.6 is 0 Å². The Bertz CT molecular complexity index is 419. The van der Waals surface area contributed by atoms with Crippen molar-refractivity contribution in [2.45, 2.75) is 6.42 Å². The molecule has 1 N–H and O–H groups in total. The molecule has 0 spiro atoms. The molecule has 0 bridgehead atoms. The second-order valence-electron chi connectivity index (χ2n) is 4.27. The minimum atomic E-state index is -0.432. The first-order valence-corrected chi connectivity index (χ1v) is 5.91. The normalized spacial score (nSPS) is 16.7. The van der Waals surface area contributed by atoms with Gasteiger partial charge >= 0.3 is 0 Å². The fourth-order valence-corrected chi connectivity index (χ4v) is 2.04. The van der Waals surface area contributed by atoms with Gasteiger partial charge in [0, 0.05) is 32.7 Å². The Morgan fingerprint density at radius 2 is 2.12 bits per heavy atom. The van der Waals surface area contributed by atoms with Crippen molar-refractivity contribution in [1.82, 2.24) is 10.2 Å². The number of hydrogen-bond acceptors (Lipinski definition) is 3. The van der Waals surface area contributed by atoms with Gasteiger partial charge in [-0.2, -0.15) is 5.26 Å². The Balaban J connectivity index is 1.92. The minimum Gasteiger partial charge on any atom is -0.314 e. The molecule has 1 heterocycles. The lowest BCUT2D eigenvalue weighted by Crippen LogP contribution is -2.44. The lowest BCUT2D eigenvalue weighted by molar-refractivity contribution is 0.244. The molecule has 0 radical (unpaired) electrons. The highest BCUT2D eigenvalue weighted by atomic mass is 19.1. The molecule has 0 unspecified atom stereocenters. The average Bonchev–Trinajstić information content (AvgIpc) is 2.39. The molecule has 1 saturated heterocycles. The van der Waals surface area contributed by atoms with E-state index in [1.807, 2.05) is 6.07 Å². The second-order valence-corrected chi connectivity index (χ2v) is 4.27. The molecule has 17 heavy (non-hydrogen) atoms. The van der Waals surface area contributed by atoms with Gasteiger partial charge in [0.2, 0.25) is 0 Å². The molecule has 90 valence electrons. The van der Waals surface area contributed by atoms with Crippen LogP contribution in [0.25, 0.3) is 0 Å². The molecule has 0 aromatic heterocycles. The first-order chi connectivity index (χ1) is 8.29. The molecule has 1 aliphatic heterocycles. The first kappa shape index (κ1) is 12.0. The van der Waals surface area contributed by atoms with E-state index < -0.39 is 5.82 Å². The molecular weight excluding hydrogens is 217 g/mol. The minimum absolute atomic E-state index is 0.141. The van der Waals surface area contributed by atoms with Crippen LogP contribution in [0.15, 0.2) is 18.2 Å². The van der Waals surface area contributed by atoms with Crippen molar-refractivity contribution < 1.29 is 4.39 Å². The molecule has 3 nitrogen and oxygen atoms in total. The van der Waals surface area contributed by atoms with Gasteiger partial charge < -0.3 is 10.2 Å². The van der Waals surface area contributed by atoms with E-state index in [2.05, 4.69) is 10.2 Å². The molecule has 0 atom stereocenters. The van der Waals surface area contributed by atoms with E-state index in [0.29, 0.717) is 0 Å². The third kappa shape index (κ3) is 3.26. The summed E-state index contributed by atoms with van der Waals surface area (Å²) in [5, 5.41) is 12.1. The van der Waals surface area contributed by atoms with E-state index in [4.69, 9.17) is 5.26 Å². The largest absolute Gasteiger partial charge is 0.314 e. The van der Waals surface area contributed by atoms with Crippen molar-refractivity contribution in [1.29, 1.82) is 5.26 Å². The molecule has 1 fully saturated rings. The van der Waals surface area contributed by atoms with Gasteiger partial charge in [0.1, 0.15) is 11.9 Å². The predicted molar refractivity (Wildman–Crippen MR) is 64.1 cm³/mol. The van der Waals surface area contributed by atoms with E-state index in [1.54, 1.807) is 12.1 Å². The Morgan fingerprint density at radius 3 is 2.82 bits per heavy atom. The van der Waals surface area contributed by atoms with Gasteiger partial charge in [-0.25, -0.2) is 4.39 Å². The van der Waals surface area contributed by atoms with Gasteiger partial charge in [-0.3, -0.25) is 0 Å². The maximum Gasteiger partial charge on any atom is 0.140 e. The van der Waals surface area contributed by atoms with Crippen molar-refractivity contribution in [3.05, 3.63) is 35.1 Å². The van der Waals surface area contributed by atoms with Gasteiger partial charge in [-0.05, 0) is 24.1 Å². The Kier molecular flexibility index (Phi) is 4.08. The summed E-state index contributed by atoms with van der Waals surface area (Å²) in [6, 6.07) is 6.67. The number of halogens is 1. The van der Waals surface area contributed by atoms with Crippen LogP contribution in [0.2, 0.25) is 0 Å². The van der Waals surface area contributed by atoms with Crippen molar-refractivity contribution in [3.8, 4) is 6.07 Å². The summed E-state index contributed by atoms with van der Waals surface area (Å²) in [4.78, 5) is 2.38. The molecule has 1 aromatic carbocycles. The summed E-state index contributed by atoms with van der Waals surface area (Å²) in [5.41, 5.74) is 1.17. The van der Waals surface area contributed by atoms with E-state index in [0.717, 1.165) is 44.7 Å². The summed E-state index contributed by atoms with van der Waals surface area (Å²) >= 11 is 0. The maximum atomic E-state index is 13.1. The molecule has 0 saturated carbocycles. The first-order valence-electron chi connectivity index (χ1n) is 5.91. The zero-order valence-electron chi connectivity index (χ0n) is 9.75. The van der Waals surface area contributed by atoms with Crippen LogP contribution in [-0.2, 0) is 6.42 Å². The van der Waals surface area contributed by atoms with Crippen molar-refractivity contribution in [2.24, 2.45) is 0 Å². The monoisotopic (exact) mass is 233 g/mol. The SMILES string of the molecule is N#Cc1cc(CCN2CCNCC2)ccc1F. The molecular formula is C13H16FN3. The highest BCUT2D eigenvalue weighted by Gasteiger charge is 2.09. The Labute approximate surface area is 101 Å². The summed E-state index contributed by atoms with van der Waals surface area (Å²) < 4.78 is 13.1. The van der Waals surface area contributed by atoms with Crippen molar-refractivity contribution in [2.75, 3.05) is 32.7 Å². The third-order valence-corrected chi connectivity index (χ3v) is 3.08. The van der Waals surface area contributed by atoms with E-state index >= 15 is 0 Å². The molecule has 0 amide bonds.